The Bertz CT molecular complexity index is 523. The van der Waals surface area contributed by atoms with Gasteiger partial charge in [0, 0.05) is 10.6 Å². The van der Waals surface area contributed by atoms with Crippen LogP contribution in [0.3, 0.4) is 0 Å². The first-order chi connectivity index (χ1) is 10.1. The van der Waals surface area contributed by atoms with Crippen molar-refractivity contribution in [2.24, 2.45) is 5.92 Å². The van der Waals surface area contributed by atoms with Crippen molar-refractivity contribution in [2.75, 3.05) is 0 Å². The Hall–Kier alpha value is -1.33. The highest BCUT2D eigenvalue weighted by molar-refractivity contribution is 7.80. The van der Waals surface area contributed by atoms with Gasteiger partial charge in [0.1, 0.15) is 0 Å². The van der Waals surface area contributed by atoms with E-state index in [1.165, 1.54) is 0 Å². The van der Waals surface area contributed by atoms with Crippen molar-refractivity contribution in [1.82, 2.24) is 16.2 Å². The molecule has 0 radical (unpaired) electrons. The summed E-state index contributed by atoms with van der Waals surface area (Å²) < 4.78 is 0. The number of hydrazine groups is 1. The number of thiocarbonyl (C=S) groups is 1. The predicted molar refractivity (Wildman–Crippen MR) is 95.8 cm³/mol. The van der Waals surface area contributed by atoms with Crippen LogP contribution in [0.2, 0.25) is 5.02 Å². The van der Waals surface area contributed by atoms with E-state index < -0.39 is 0 Å². The van der Waals surface area contributed by atoms with Crippen LogP contribution in [-0.2, 0) is 4.79 Å². The minimum Gasteiger partial charge on any atom is -0.357 e. The molecule has 0 aliphatic carbocycles. The summed E-state index contributed by atoms with van der Waals surface area (Å²) in [5.74, 6) is -0.260. The highest BCUT2D eigenvalue weighted by atomic mass is 35.5. The second-order valence-corrected chi connectivity index (χ2v) is 7.44. The molecule has 4 nitrogen and oxygen atoms in total. The summed E-state index contributed by atoms with van der Waals surface area (Å²) in [5.41, 5.74) is 6.18. The fourth-order valence-electron chi connectivity index (χ4n) is 2.08. The Balaban J connectivity index is 2.71. The maximum Gasteiger partial charge on any atom is 0.246 e. The van der Waals surface area contributed by atoms with Crippen molar-refractivity contribution >= 4 is 34.8 Å². The first kappa shape index (κ1) is 18.7. The van der Waals surface area contributed by atoms with Crippen molar-refractivity contribution in [2.45, 2.75) is 46.1 Å². The monoisotopic (exact) mass is 341 g/mol. The molecule has 0 unspecified atom stereocenters. The highest BCUT2D eigenvalue weighted by Crippen LogP contribution is 2.25. The average Bonchev–Trinajstić information content (AvgIpc) is 2.36. The fourth-order valence-corrected chi connectivity index (χ4v) is 2.56. The molecule has 0 bridgehead atoms. The van der Waals surface area contributed by atoms with E-state index in [4.69, 9.17) is 23.8 Å². The predicted octanol–water partition coefficient (Wildman–Crippen LogP) is 3.37. The zero-order valence-corrected chi connectivity index (χ0v) is 15.2. The Morgan fingerprint density at radius 3 is 2.14 bits per heavy atom. The molecular formula is C16H24ClN3OS. The van der Waals surface area contributed by atoms with Gasteiger partial charge in [-0.2, -0.15) is 0 Å². The lowest BCUT2D eigenvalue weighted by atomic mass is 9.88. The van der Waals surface area contributed by atoms with E-state index in [-0.39, 0.29) is 23.3 Å². The van der Waals surface area contributed by atoms with Crippen LogP contribution in [-0.4, -0.2) is 16.6 Å². The van der Waals surface area contributed by atoms with Gasteiger partial charge in [0.25, 0.3) is 0 Å². The van der Waals surface area contributed by atoms with Gasteiger partial charge in [0.15, 0.2) is 5.11 Å². The van der Waals surface area contributed by atoms with Crippen LogP contribution in [0.15, 0.2) is 24.3 Å². The lowest BCUT2D eigenvalue weighted by Gasteiger charge is -2.25. The van der Waals surface area contributed by atoms with Crippen molar-refractivity contribution in [3.8, 4) is 0 Å². The largest absolute Gasteiger partial charge is 0.357 e. The standard InChI is InChI=1S/C16H24ClN3OS/c1-10(2)13(11-6-8-12(17)9-7-11)14(21)19-20-15(22)18-16(3,4)5/h6-10,13H,1-5H3,(H,19,21)(H2,18,20,22)/t13-/m1/s1. The molecule has 0 aromatic heterocycles. The Labute approximate surface area is 143 Å². The number of hydrogen-bond donors (Lipinski definition) is 3. The zero-order chi connectivity index (χ0) is 16.9. The molecule has 0 spiro atoms. The van der Waals surface area contributed by atoms with Crippen LogP contribution in [0.1, 0.15) is 46.1 Å². The molecule has 1 aromatic rings. The second-order valence-electron chi connectivity index (χ2n) is 6.59. The molecule has 0 aliphatic rings. The van der Waals surface area contributed by atoms with Gasteiger partial charge >= 0.3 is 0 Å². The SMILES string of the molecule is CC(C)[C@@H](C(=O)NNC(=S)NC(C)(C)C)c1ccc(Cl)cc1. The molecule has 0 saturated carbocycles. The molecule has 1 aromatic carbocycles. The van der Waals surface area contributed by atoms with Crippen molar-refractivity contribution in [3.05, 3.63) is 34.9 Å². The second kappa shape index (κ2) is 7.79. The third-order valence-corrected chi connectivity index (χ3v) is 3.42. The fraction of sp³-hybridized carbons (Fsp3) is 0.500. The van der Waals surface area contributed by atoms with Gasteiger partial charge in [-0.1, -0.05) is 37.6 Å². The topological polar surface area (TPSA) is 53.2 Å². The molecule has 1 amide bonds. The maximum atomic E-state index is 12.4. The smallest absolute Gasteiger partial charge is 0.246 e. The van der Waals surface area contributed by atoms with Gasteiger partial charge in [-0.25, -0.2) is 0 Å². The maximum absolute atomic E-state index is 12.4. The van der Waals surface area contributed by atoms with Crippen LogP contribution in [0.25, 0.3) is 0 Å². The summed E-state index contributed by atoms with van der Waals surface area (Å²) in [7, 11) is 0. The first-order valence-corrected chi connectivity index (χ1v) is 8.02. The van der Waals surface area contributed by atoms with Crippen LogP contribution < -0.4 is 16.2 Å². The summed E-state index contributed by atoms with van der Waals surface area (Å²) >= 11 is 11.1. The van der Waals surface area contributed by atoms with Crippen LogP contribution >= 0.6 is 23.8 Å². The van der Waals surface area contributed by atoms with Gasteiger partial charge < -0.3 is 5.32 Å². The molecule has 122 valence electrons. The van der Waals surface area contributed by atoms with Crippen molar-refractivity contribution in [3.63, 3.8) is 0 Å². The number of amides is 1. The lowest BCUT2D eigenvalue weighted by Crippen LogP contribution is -2.53. The van der Waals surface area contributed by atoms with E-state index in [1.807, 2.05) is 46.8 Å². The minimum absolute atomic E-state index is 0.129. The Morgan fingerprint density at radius 2 is 1.68 bits per heavy atom. The molecule has 0 aliphatic heterocycles. The first-order valence-electron chi connectivity index (χ1n) is 7.23. The molecule has 3 N–H and O–H groups in total. The third kappa shape index (κ3) is 6.20. The van der Waals surface area contributed by atoms with E-state index >= 15 is 0 Å². The molecule has 1 atom stereocenters. The average molecular weight is 342 g/mol. The van der Waals surface area contributed by atoms with E-state index in [2.05, 4.69) is 16.2 Å². The van der Waals surface area contributed by atoms with Crippen LogP contribution in [0.5, 0.6) is 0 Å². The number of rotatable bonds is 3. The molecule has 0 fully saturated rings. The lowest BCUT2D eigenvalue weighted by molar-refractivity contribution is -0.124. The summed E-state index contributed by atoms with van der Waals surface area (Å²) in [5, 5.41) is 4.12. The molecule has 6 heteroatoms. The number of nitrogens with one attached hydrogen (secondary N) is 3. The van der Waals surface area contributed by atoms with Gasteiger partial charge in [-0.15, -0.1) is 0 Å². The number of hydrogen-bond acceptors (Lipinski definition) is 2. The molecule has 0 heterocycles. The number of benzene rings is 1. The number of halogens is 1. The van der Waals surface area contributed by atoms with Gasteiger partial charge in [-0.3, -0.25) is 15.6 Å². The Kier molecular flexibility index (Phi) is 6.63. The highest BCUT2D eigenvalue weighted by Gasteiger charge is 2.24. The normalized spacial score (nSPS) is 12.7. The molecule has 22 heavy (non-hydrogen) atoms. The summed E-state index contributed by atoms with van der Waals surface area (Å²) in [6.45, 7) is 9.99. The van der Waals surface area contributed by atoms with Crippen LogP contribution in [0.4, 0.5) is 0 Å². The molecule has 1 rings (SSSR count). The minimum atomic E-state index is -0.276. The van der Waals surface area contributed by atoms with Crippen molar-refractivity contribution < 1.29 is 4.79 Å². The van der Waals surface area contributed by atoms with E-state index in [1.54, 1.807) is 12.1 Å². The third-order valence-electron chi connectivity index (χ3n) is 2.97. The van der Waals surface area contributed by atoms with E-state index in [0.717, 1.165) is 5.56 Å². The summed E-state index contributed by atoms with van der Waals surface area (Å²) in [4.78, 5) is 12.4. The molecular weight excluding hydrogens is 318 g/mol. The zero-order valence-electron chi connectivity index (χ0n) is 13.7. The summed E-state index contributed by atoms with van der Waals surface area (Å²) in [6.07, 6.45) is 0. The van der Waals surface area contributed by atoms with Gasteiger partial charge in [-0.05, 0) is 56.6 Å². The van der Waals surface area contributed by atoms with E-state index in [0.29, 0.717) is 10.1 Å². The van der Waals surface area contributed by atoms with E-state index in [9.17, 15) is 4.79 Å². The number of carbonyl (C=O) groups is 1. The van der Waals surface area contributed by atoms with Crippen molar-refractivity contribution in [1.29, 1.82) is 0 Å². The number of carbonyl (C=O) groups excluding carboxylic acids is 1. The molecule has 0 saturated heterocycles. The summed E-state index contributed by atoms with van der Waals surface area (Å²) in [6, 6.07) is 7.33. The quantitative estimate of drug-likeness (QED) is 0.583. The van der Waals surface area contributed by atoms with Gasteiger partial charge in [0.05, 0.1) is 5.92 Å². The van der Waals surface area contributed by atoms with Crippen LogP contribution in [0, 0.1) is 5.92 Å². The van der Waals surface area contributed by atoms with Gasteiger partial charge in [0.2, 0.25) is 5.91 Å². The Morgan fingerprint density at radius 1 is 1.14 bits per heavy atom.